The second-order valence-corrected chi connectivity index (χ2v) is 5.93. The number of hydrogen-bond acceptors (Lipinski definition) is 8. The number of aromatic nitrogens is 2. The molecule has 1 aromatic carbocycles. The number of hydrogen-bond donors (Lipinski definition) is 1. The minimum Gasteiger partial charge on any atom is -0.481 e. The first kappa shape index (κ1) is 20.6. The van der Waals surface area contributed by atoms with Gasteiger partial charge in [-0.2, -0.15) is 9.97 Å². The fourth-order valence-electron chi connectivity index (χ4n) is 1.99. The van der Waals surface area contributed by atoms with Crippen LogP contribution in [-0.4, -0.2) is 47.3 Å². The Bertz CT molecular complexity index is 814. The van der Waals surface area contributed by atoms with Crippen molar-refractivity contribution in [3.05, 3.63) is 45.0 Å². The van der Waals surface area contributed by atoms with Crippen LogP contribution in [0.2, 0.25) is 5.02 Å². The van der Waals surface area contributed by atoms with Gasteiger partial charge in [0.2, 0.25) is 11.8 Å². The van der Waals surface area contributed by atoms with Crippen molar-refractivity contribution in [3.63, 3.8) is 0 Å². The minimum absolute atomic E-state index is 0.0778. The molecule has 0 aliphatic rings. The summed E-state index contributed by atoms with van der Waals surface area (Å²) in [6.45, 7) is 0.785. The Morgan fingerprint density at radius 2 is 1.93 bits per heavy atom. The molecule has 11 heteroatoms. The molecule has 0 aliphatic heterocycles. The van der Waals surface area contributed by atoms with E-state index in [2.05, 4.69) is 15.3 Å². The van der Waals surface area contributed by atoms with Crippen LogP contribution < -0.4 is 19.5 Å². The third-order valence-corrected chi connectivity index (χ3v) is 4.01. The van der Waals surface area contributed by atoms with Crippen LogP contribution in [0.25, 0.3) is 0 Å². The molecule has 27 heavy (non-hydrogen) atoms. The lowest BCUT2D eigenvalue weighted by Gasteiger charge is -2.10. The monoisotopic (exact) mass is 412 g/mol. The maximum Gasteiger partial charge on any atom is 0.323 e. The first-order valence-electron chi connectivity index (χ1n) is 7.76. The first-order chi connectivity index (χ1) is 12.9. The van der Waals surface area contributed by atoms with E-state index in [0.717, 1.165) is 0 Å². The SMILES string of the molecule is COc1cc(OC)nc(OCCCNC(=S)c2cc([N+](=O)[O-])ccc2Cl)n1. The topological polar surface area (TPSA) is 109 Å². The van der Waals surface area contributed by atoms with Gasteiger partial charge in [0.05, 0.1) is 36.8 Å². The number of nitrogens with zero attached hydrogens (tertiary/aromatic N) is 3. The molecule has 0 radical (unpaired) electrons. The molecule has 0 saturated carbocycles. The zero-order valence-electron chi connectivity index (χ0n) is 14.6. The Hall–Kier alpha value is -2.72. The van der Waals surface area contributed by atoms with Crippen molar-refractivity contribution in [2.45, 2.75) is 6.42 Å². The van der Waals surface area contributed by atoms with E-state index in [4.69, 9.17) is 38.0 Å². The molecule has 0 saturated heterocycles. The highest BCUT2D eigenvalue weighted by Gasteiger charge is 2.13. The molecule has 1 N–H and O–H groups in total. The lowest BCUT2D eigenvalue weighted by Crippen LogP contribution is -2.25. The second-order valence-electron chi connectivity index (χ2n) is 5.11. The predicted octanol–water partition coefficient (Wildman–Crippen LogP) is 2.79. The highest BCUT2D eigenvalue weighted by molar-refractivity contribution is 7.80. The number of rotatable bonds is 9. The minimum atomic E-state index is -0.501. The number of nitro groups is 1. The molecule has 0 bridgehead atoms. The average molecular weight is 413 g/mol. The van der Waals surface area contributed by atoms with Crippen LogP contribution in [0, 0.1) is 10.1 Å². The van der Waals surface area contributed by atoms with E-state index in [1.54, 1.807) is 0 Å². The van der Waals surface area contributed by atoms with Gasteiger partial charge in [-0.05, 0) is 12.5 Å². The fourth-order valence-corrected chi connectivity index (χ4v) is 2.53. The van der Waals surface area contributed by atoms with Gasteiger partial charge in [0.15, 0.2) is 0 Å². The zero-order valence-corrected chi connectivity index (χ0v) is 16.2. The first-order valence-corrected chi connectivity index (χ1v) is 8.55. The Morgan fingerprint density at radius 1 is 1.26 bits per heavy atom. The van der Waals surface area contributed by atoms with Crippen LogP contribution in [0.4, 0.5) is 5.69 Å². The number of methoxy groups -OCH3 is 2. The van der Waals surface area contributed by atoms with Crippen molar-refractivity contribution in [2.75, 3.05) is 27.4 Å². The summed E-state index contributed by atoms with van der Waals surface area (Å²) in [6.07, 6.45) is 0.579. The molecule has 0 amide bonds. The van der Waals surface area contributed by atoms with E-state index >= 15 is 0 Å². The summed E-state index contributed by atoms with van der Waals surface area (Å²) in [5.74, 6) is 0.660. The van der Waals surface area contributed by atoms with E-state index in [1.807, 2.05) is 0 Å². The highest BCUT2D eigenvalue weighted by atomic mass is 35.5. The molecule has 144 valence electrons. The van der Waals surface area contributed by atoms with Crippen molar-refractivity contribution in [2.24, 2.45) is 0 Å². The van der Waals surface area contributed by atoms with Crippen molar-refractivity contribution < 1.29 is 19.1 Å². The van der Waals surface area contributed by atoms with Crippen LogP contribution in [0.3, 0.4) is 0 Å². The number of nitro benzene ring substituents is 1. The molecule has 1 aromatic heterocycles. The van der Waals surface area contributed by atoms with E-state index in [9.17, 15) is 10.1 Å². The van der Waals surface area contributed by atoms with Crippen molar-refractivity contribution in [3.8, 4) is 17.8 Å². The van der Waals surface area contributed by atoms with Gasteiger partial charge in [-0.1, -0.05) is 23.8 Å². The Kier molecular flexibility index (Phi) is 7.50. The summed E-state index contributed by atoms with van der Waals surface area (Å²) in [4.78, 5) is 18.8. The summed E-state index contributed by atoms with van der Waals surface area (Å²) in [5, 5.41) is 14.2. The molecular formula is C16H17ClN4O5S. The Morgan fingerprint density at radius 3 is 2.52 bits per heavy atom. The molecule has 0 atom stereocenters. The predicted molar refractivity (Wildman–Crippen MR) is 103 cm³/mol. The van der Waals surface area contributed by atoms with Crippen LogP contribution in [0.15, 0.2) is 24.3 Å². The molecule has 2 aromatic rings. The van der Waals surface area contributed by atoms with Gasteiger partial charge in [-0.25, -0.2) is 0 Å². The van der Waals surface area contributed by atoms with E-state index in [-0.39, 0.29) is 11.7 Å². The van der Waals surface area contributed by atoms with Gasteiger partial charge in [0.25, 0.3) is 5.69 Å². The average Bonchev–Trinajstić information content (AvgIpc) is 2.67. The summed E-state index contributed by atoms with van der Waals surface area (Å²) in [6, 6.07) is 5.78. The number of nitrogens with one attached hydrogen (secondary N) is 1. The van der Waals surface area contributed by atoms with E-state index in [1.165, 1.54) is 38.5 Å². The quantitative estimate of drug-likeness (QED) is 0.287. The van der Waals surface area contributed by atoms with E-state index in [0.29, 0.717) is 46.9 Å². The molecule has 0 spiro atoms. The Labute approximate surface area is 165 Å². The smallest absolute Gasteiger partial charge is 0.323 e. The number of ether oxygens (including phenoxy) is 3. The normalized spacial score (nSPS) is 10.2. The molecule has 1 heterocycles. The lowest BCUT2D eigenvalue weighted by molar-refractivity contribution is -0.384. The molecular weight excluding hydrogens is 396 g/mol. The molecule has 0 unspecified atom stereocenters. The van der Waals surface area contributed by atoms with Crippen LogP contribution in [0.1, 0.15) is 12.0 Å². The van der Waals surface area contributed by atoms with Gasteiger partial charge in [-0.15, -0.1) is 0 Å². The van der Waals surface area contributed by atoms with Crippen LogP contribution in [0.5, 0.6) is 17.8 Å². The number of halogens is 1. The summed E-state index contributed by atoms with van der Waals surface area (Å²) < 4.78 is 15.6. The van der Waals surface area contributed by atoms with Gasteiger partial charge in [0, 0.05) is 24.2 Å². The Balaban J connectivity index is 1.84. The third-order valence-electron chi connectivity index (χ3n) is 3.32. The van der Waals surface area contributed by atoms with Gasteiger partial charge < -0.3 is 19.5 Å². The highest BCUT2D eigenvalue weighted by Crippen LogP contribution is 2.22. The summed E-state index contributed by atoms with van der Waals surface area (Å²) in [5.41, 5.74) is 0.327. The van der Waals surface area contributed by atoms with Gasteiger partial charge in [0.1, 0.15) is 4.99 Å². The fraction of sp³-hybridized carbons (Fsp3) is 0.312. The summed E-state index contributed by atoms with van der Waals surface area (Å²) >= 11 is 11.3. The largest absolute Gasteiger partial charge is 0.481 e. The van der Waals surface area contributed by atoms with Crippen molar-refractivity contribution in [1.29, 1.82) is 0 Å². The maximum absolute atomic E-state index is 10.9. The van der Waals surface area contributed by atoms with Gasteiger partial charge >= 0.3 is 6.01 Å². The van der Waals surface area contributed by atoms with E-state index < -0.39 is 4.92 Å². The van der Waals surface area contributed by atoms with Crippen LogP contribution >= 0.6 is 23.8 Å². The van der Waals surface area contributed by atoms with Crippen LogP contribution in [-0.2, 0) is 0 Å². The number of non-ortho nitro benzene ring substituents is 1. The third kappa shape index (κ3) is 5.90. The van der Waals surface area contributed by atoms with Crippen molar-refractivity contribution in [1.82, 2.24) is 15.3 Å². The number of benzene rings is 1. The zero-order chi connectivity index (χ0) is 19.8. The summed E-state index contributed by atoms with van der Waals surface area (Å²) in [7, 11) is 2.96. The van der Waals surface area contributed by atoms with Gasteiger partial charge in [-0.3, -0.25) is 10.1 Å². The maximum atomic E-state index is 10.9. The molecule has 0 aliphatic carbocycles. The standard InChI is InChI=1S/C16H17ClN4O5S/c1-24-13-9-14(25-2)20-16(19-13)26-7-3-6-18-15(27)11-8-10(21(22)23)4-5-12(11)17/h4-5,8-9H,3,6-7H2,1-2H3,(H,18,27). The molecule has 2 rings (SSSR count). The second kappa shape index (κ2) is 9.83. The lowest BCUT2D eigenvalue weighted by atomic mass is 10.2. The molecule has 0 fully saturated rings. The van der Waals surface area contributed by atoms with Crippen molar-refractivity contribution >= 4 is 34.5 Å². The number of thiocarbonyl (C=S) groups is 1. The molecule has 9 nitrogen and oxygen atoms in total.